The van der Waals surface area contributed by atoms with Crippen molar-refractivity contribution >= 4 is 45.0 Å². The van der Waals surface area contributed by atoms with Crippen LogP contribution in [-0.4, -0.2) is 40.3 Å². The molecular formula is C24H25ClN2O4S2. The van der Waals surface area contributed by atoms with E-state index in [9.17, 15) is 13.2 Å². The molecule has 0 aliphatic rings. The number of halogens is 1. The van der Waals surface area contributed by atoms with Crippen LogP contribution in [0.3, 0.4) is 0 Å². The van der Waals surface area contributed by atoms with Gasteiger partial charge >= 0.3 is 0 Å². The SMILES string of the molecule is COc1ccc(N(CC(=O)NCCSCc2ccccc2Cl)S(=O)(=O)c2ccccc2)cc1. The molecule has 174 valence electrons. The van der Waals surface area contributed by atoms with Gasteiger partial charge in [-0.25, -0.2) is 8.42 Å². The minimum absolute atomic E-state index is 0.115. The van der Waals surface area contributed by atoms with E-state index < -0.39 is 10.0 Å². The molecule has 0 spiro atoms. The minimum Gasteiger partial charge on any atom is -0.497 e. The summed E-state index contributed by atoms with van der Waals surface area (Å²) >= 11 is 7.80. The molecule has 1 N–H and O–H groups in total. The van der Waals surface area contributed by atoms with E-state index >= 15 is 0 Å². The molecule has 3 aromatic carbocycles. The van der Waals surface area contributed by atoms with Crippen molar-refractivity contribution in [3.63, 3.8) is 0 Å². The van der Waals surface area contributed by atoms with Crippen molar-refractivity contribution in [3.05, 3.63) is 89.4 Å². The normalized spacial score (nSPS) is 11.1. The first-order chi connectivity index (χ1) is 15.9. The number of nitrogens with zero attached hydrogens (tertiary/aromatic N) is 1. The molecule has 0 aliphatic heterocycles. The summed E-state index contributed by atoms with van der Waals surface area (Å²) in [6.07, 6.45) is 0. The molecule has 0 aliphatic carbocycles. The Labute approximate surface area is 204 Å². The Morgan fingerprint density at radius 2 is 1.67 bits per heavy atom. The Hall–Kier alpha value is -2.68. The lowest BCUT2D eigenvalue weighted by molar-refractivity contribution is -0.119. The van der Waals surface area contributed by atoms with Crippen LogP contribution in [0, 0.1) is 0 Å². The topological polar surface area (TPSA) is 75.7 Å². The van der Waals surface area contributed by atoms with E-state index in [0.29, 0.717) is 23.7 Å². The monoisotopic (exact) mass is 504 g/mol. The van der Waals surface area contributed by atoms with Crippen molar-refractivity contribution < 1.29 is 17.9 Å². The standard InChI is InChI=1S/C24H25ClN2O4S2/c1-31-21-13-11-20(12-14-21)27(33(29,30)22-8-3-2-4-9-22)17-24(28)26-15-16-32-18-19-7-5-6-10-23(19)25/h2-14H,15-18H2,1H3,(H,26,28). The quantitative estimate of drug-likeness (QED) is 0.386. The van der Waals surface area contributed by atoms with Crippen LogP contribution in [0.4, 0.5) is 5.69 Å². The van der Waals surface area contributed by atoms with Crippen molar-refractivity contribution in [2.24, 2.45) is 0 Å². The summed E-state index contributed by atoms with van der Waals surface area (Å²) in [4.78, 5) is 12.8. The predicted octanol–water partition coefficient (Wildman–Crippen LogP) is 4.59. The van der Waals surface area contributed by atoms with E-state index in [-0.39, 0.29) is 17.3 Å². The Morgan fingerprint density at radius 1 is 1.00 bits per heavy atom. The van der Waals surface area contributed by atoms with Gasteiger partial charge in [0.15, 0.2) is 0 Å². The maximum atomic E-state index is 13.3. The van der Waals surface area contributed by atoms with Gasteiger partial charge in [-0.1, -0.05) is 48.0 Å². The van der Waals surface area contributed by atoms with Gasteiger partial charge < -0.3 is 10.1 Å². The number of hydrogen-bond donors (Lipinski definition) is 1. The summed E-state index contributed by atoms with van der Waals surface area (Å²) in [6, 6.07) is 22.2. The van der Waals surface area contributed by atoms with Gasteiger partial charge in [-0.05, 0) is 48.0 Å². The maximum Gasteiger partial charge on any atom is 0.264 e. The molecule has 0 radical (unpaired) electrons. The molecular weight excluding hydrogens is 480 g/mol. The second kappa shape index (κ2) is 12.0. The molecule has 3 aromatic rings. The molecule has 9 heteroatoms. The highest BCUT2D eigenvalue weighted by molar-refractivity contribution is 7.98. The molecule has 1 amide bonds. The summed E-state index contributed by atoms with van der Waals surface area (Å²) in [7, 11) is -2.40. The fourth-order valence-corrected chi connectivity index (χ4v) is 5.62. The van der Waals surface area contributed by atoms with Gasteiger partial charge in [-0.3, -0.25) is 9.10 Å². The van der Waals surface area contributed by atoms with Gasteiger partial charge in [-0.2, -0.15) is 11.8 Å². The van der Waals surface area contributed by atoms with Gasteiger partial charge in [0.05, 0.1) is 17.7 Å². The zero-order valence-corrected chi connectivity index (χ0v) is 20.5. The van der Waals surface area contributed by atoms with Crippen molar-refractivity contribution in [2.75, 3.05) is 30.3 Å². The smallest absolute Gasteiger partial charge is 0.264 e. The lowest BCUT2D eigenvalue weighted by Gasteiger charge is -2.24. The first-order valence-corrected chi connectivity index (χ1v) is 13.2. The number of nitrogens with one attached hydrogen (secondary N) is 1. The fraction of sp³-hybridized carbons (Fsp3) is 0.208. The number of thioether (sulfide) groups is 1. The highest BCUT2D eigenvalue weighted by Crippen LogP contribution is 2.25. The van der Waals surface area contributed by atoms with Crippen LogP contribution >= 0.6 is 23.4 Å². The average molecular weight is 505 g/mol. The summed E-state index contributed by atoms with van der Waals surface area (Å²) in [5.41, 5.74) is 1.41. The number of rotatable bonds is 11. The summed E-state index contributed by atoms with van der Waals surface area (Å²) in [5, 5.41) is 3.52. The van der Waals surface area contributed by atoms with Crippen molar-refractivity contribution in [1.29, 1.82) is 0 Å². The number of benzene rings is 3. The molecule has 0 aromatic heterocycles. The summed E-state index contributed by atoms with van der Waals surface area (Å²) in [6.45, 7) is 0.0779. The zero-order chi connectivity index (χ0) is 23.7. The van der Waals surface area contributed by atoms with E-state index in [0.717, 1.165) is 20.6 Å². The third-order valence-corrected chi connectivity index (χ3v) is 7.93. The van der Waals surface area contributed by atoms with Crippen molar-refractivity contribution in [2.45, 2.75) is 10.6 Å². The zero-order valence-electron chi connectivity index (χ0n) is 18.1. The third-order valence-electron chi connectivity index (χ3n) is 4.76. The maximum absolute atomic E-state index is 13.3. The van der Waals surface area contributed by atoms with Gasteiger partial charge in [0.2, 0.25) is 5.91 Å². The number of methoxy groups -OCH3 is 1. The Morgan fingerprint density at radius 3 is 2.33 bits per heavy atom. The van der Waals surface area contributed by atoms with E-state index in [2.05, 4.69) is 5.32 Å². The highest BCUT2D eigenvalue weighted by Gasteiger charge is 2.27. The molecule has 0 heterocycles. The average Bonchev–Trinajstić information content (AvgIpc) is 2.84. The van der Waals surface area contributed by atoms with Crippen LogP contribution in [0.2, 0.25) is 5.02 Å². The molecule has 6 nitrogen and oxygen atoms in total. The van der Waals surface area contributed by atoms with Crippen LogP contribution in [0.15, 0.2) is 83.8 Å². The first-order valence-electron chi connectivity index (χ1n) is 10.2. The third kappa shape index (κ3) is 6.90. The summed E-state index contributed by atoms with van der Waals surface area (Å²) in [5.74, 6) is 1.61. The Bertz CT molecular complexity index is 1160. The molecule has 0 atom stereocenters. The van der Waals surface area contributed by atoms with Gasteiger partial charge in [0, 0.05) is 23.1 Å². The number of ether oxygens (including phenoxy) is 1. The number of amides is 1. The van der Waals surface area contributed by atoms with Crippen LogP contribution in [0.25, 0.3) is 0 Å². The van der Waals surface area contributed by atoms with E-state index in [1.54, 1.807) is 54.2 Å². The van der Waals surface area contributed by atoms with Gasteiger partial charge in [-0.15, -0.1) is 0 Å². The first kappa shape index (κ1) is 25.0. The number of hydrogen-bond acceptors (Lipinski definition) is 5. The number of carbonyl (C=O) groups excluding carboxylic acids is 1. The minimum atomic E-state index is -3.93. The van der Waals surface area contributed by atoms with Gasteiger partial charge in [0.25, 0.3) is 10.0 Å². The van der Waals surface area contributed by atoms with Crippen LogP contribution < -0.4 is 14.4 Å². The second-order valence-corrected chi connectivity index (χ2v) is 10.4. The highest BCUT2D eigenvalue weighted by atomic mass is 35.5. The van der Waals surface area contributed by atoms with E-state index in [1.165, 1.54) is 19.2 Å². The van der Waals surface area contributed by atoms with Crippen LogP contribution in [0.1, 0.15) is 5.56 Å². The van der Waals surface area contributed by atoms with Crippen LogP contribution in [0.5, 0.6) is 5.75 Å². The number of anilines is 1. The molecule has 0 fully saturated rings. The second-order valence-electron chi connectivity index (χ2n) is 7.02. The van der Waals surface area contributed by atoms with Gasteiger partial charge in [0.1, 0.15) is 12.3 Å². The van der Waals surface area contributed by atoms with E-state index in [1.807, 2.05) is 24.3 Å². The van der Waals surface area contributed by atoms with Crippen molar-refractivity contribution in [1.82, 2.24) is 5.32 Å². The lowest BCUT2D eigenvalue weighted by Crippen LogP contribution is -2.41. The number of carbonyl (C=O) groups is 1. The Kier molecular flexibility index (Phi) is 9.05. The fourth-order valence-electron chi connectivity index (χ4n) is 3.03. The molecule has 0 unspecified atom stereocenters. The van der Waals surface area contributed by atoms with Crippen molar-refractivity contribution in [3.8, 4) is 5.75 Å². The predicted molar refractivity (Wildman–Crippen MR) is 135 cm³/mol. The molecule has 3 rings (SSSR count). The molecule has 33 heavy (non-hydrogen) atoms. The molecule has 0 saturated heterocycles. The summed E-state index contributed by atoms with van der Waals surface area (Å²) < 4.78 is 32.8. The molecule has 0 saturated carbocycles. The number of sulfonamides is 1. The van der Waals surface area contributed by atoms with E-state index in [4.69, 9.17) is 16.3 Å². The molecule has 0 bridgehead atoms. The largest absolute Gasteiger partial charge is 0.497 e. The van der Waals surface area contributed by atoms with Crippen LogP contribution in [-0.2, 0) is 20.6 Å². The Balaban J connectivity index is 1.64. The lowest BCUT2D eigenvalue weighted by atomic mass is 10.2.